The highest BCUT2D eigenvalue weighted by atomic mass is 16.6. The molecule has 11 heteroatoms. The lowest BCUT2D eigenvalue weighted by atomic mass is 9.85. The molecule has 0 unspecified atom stereocenters. The maximum Gasteiger partial charge on any atom is 0.417 e. The summed E-state index contributed by atoms with van der Waals surface area (Å²) in [4.78, 5) is 69.2. The summed E-state index contributed by atoms with van der Waals surface area (Å²) in [6.45, 7) is 11.2. The summed E-state index contributed by atoms with van der Waals surface area (Å²) in [5.74, 6) is -4.11. The number of amides is 2. The second kappa shape index (κ2) is 18.5. The zero-order valence-corrected chi connectivity index (χ0v) is 29.3. The molecule has 2 aromatic rings. The van der Waals surface area contributed by atoms with Crippen LogP contribution in [0.3, 0.4) is 0 Å². The van der Waals surface area contributed by atoms with Crippen LogP contribution in [0.1, 0.15) is 64.2 Å². The standard InChI is InChI=1S/C38H49NO10/c1-25(2)35-38(5,6)49-37(45)39(35)36(44)31(23-28-13-8-7-9-14-28)34(48-27(4)41)33(43)24-30(29-15-10-12-26(3)22-29)32(42)16-11-18-46-20-21-47-19-17-40/h7-10,12-15,22,24-25,31,34-35,40H,11,16-21,23H2,1-6H3/t31-,34-,35-/m1/s1. The van der Waals surface area contributed by atoms with Crippen LogP contribution in [0.2, 0.25) is 0 Å². The van der Waals surface area contributed by atoms with Gasteiger partial charge in [-0.25, -0.2) is 9.69 Å². The summed E-state index contributed by atoms with van der Waals surface area (Å²) < 4.78 is 21.9. The number of rotatable bonds is 19. The smallest absolute Gasteiger partial charge is 0.417 e. The molecular formula is C38H49NO10. The van der Waals surface area contributed by atoms with Crippen LogP contribution in [0.4, 0.5) is 4.79 Å². The fourth-order valence-corrected chi connectivity index (χ4v) is 6.19. The van der Waals surface area contributed by atoms with Crippen LogP contribution in [-0.2, 0) is 44.5 Å². The summed E-state index contributed by atoms with van der Waals surface area (Å²) in [7, 11) is 0. The zero-order valence-electron chi connectivity index (χ0n) is 29.3. The third-order valence-electron chi connectivity index (χ3n) is 8.18. The van der Waals surface area contributed by atoms with Gasteiger partial charge in [-0.15, -0.1) is 0 Å². The van der Waals surface area contributed by atoms with E-state index >= 15 is 0 Å². The minimum Gasteiger partial charge on any atom is -0.453 e. The minimum atomic E-state index is -1.65. The highest BCUT2D eigenvalue weighted by Gasteiger charge is 2.54. The first-order chi connectivity index (χ1) is 23.3. The van der Waals surface area contributed by atoms with E-state index < -0.39 is 47.4 Å². The Hall–Kier alpha value is -4.19. The maximum atomic E-state index is 14.5. The average Bonchev–Trinajstić information content (AvgIpc) is 3.30. The van der Waals surface area contributed by atoms with Crippen LogP contribution in [0.5, 0.6) is 0 Å². The molecule has 11 nitrogen and oxygen atoms in total. The van der Waals surface area contributed by atoms with Crippen LogP contribution < -0.4 is 0 Å². The number of aliphatic hydroxyl groups is 1. The number of esters is 1. The van der Waals surface area contributed by atoms with Crippen molar-refractivity contribution in [3.05, 3.63) is 77.4 Å². The Balaban J connectivity index is 2.01. The van der Waals surface area contributed by atoms with Gasteiger partial charge < -0.3 is 24.1 Å². The molecule has 1 aliphatic rings. The van der Waals surface area contributed by atoms with Crippen LogP contribution >= 0.6 is 0 Å². The largest absolute Gasteiger partial charge is 0.453 e. The van der Waals surface area contributed by atoms with E-state index in [1.54, 1.807) is 56.3 Å². The fraction of sp³-hybridized carbons (Fsp3) is 0.500. The molecule has 1 heterocycles. The quantitative estimate of drug-likeness (QED) is 0.124. The molecule has 2 aromatic carbocycles. The molecule has 0 radical (unpaired) electrons. The van der Waals surface area contributed by atoms with Crippen molar-refractivity contribution in [1.82, 2.24) is 4.90 Å². The number of carbonyl (C=O) groups excluding carboxylic acids is 5. The van der Waals surface area contributed by atoms with E-state index in [0.717, 1.165) is 23.5 Å². The van der Waals surface area contributed by atoms with Gasteiger partial charge in [0.15, 0.2) is 17.7 Å². The number of nitrogens with zero attached hydrogens (tertiary/aromatic N) is 1. The number of imide groups is 1. The number of aryl methyl sites for hydroxylation is 1. The van der Waals surface area contributed by atoms with Gasteiger partial charge in [0.2, 0.25) is 5.91 Å². The lowest BCUT2D eigenvalue weighted by molar-refractivity contribution is -0.159. The van der Waals surface area contributed by atoms with E-state index in [1.807, 2.05) is 32.9 Å². The maximum absolute atomic E-state index is 14.5. The number of hydrogen-bond acceptors (Lipinski definition) is 10. The van der Waals surface area contributed by atoms with Crippen LogP contribution in [-0.4, -0.2) is 90.3 Å². The number of ether oxygens (including phenoxy) is 4. The number of allylic oxidation sites excluding steroid dienone is 1. The first-order valence-electron chi connectivity index (χ1n) is 16.7. The van der Waals surface area contributed by atoms with Gasteiger partial charge in [-0.2, -0.15) is 0 Å². The summed E-state index contributed by atoms with van der Waals surface area (Å²) >= 11 is 0. The van der Waals surface area contributed by atoms with Gasteiger partial charge in [0, 0.05) is 25.5 Å². The predicted octanol–water partition coefficient (Wildman–Crippen LogP) is 4.89. The molecule has 0 aliphatic carbocycles. The topological polar surface area (TPSA) is 146 Å². The summed E-state index contributed by atoms with van der Waals surface area (Å²) in [5.41, 5.74) is 1.14. The number of carbonyl (C=O) groups is 5. The Kier molecular flexibility index (Phi) is 14.9. The van der Waals surface area contributed by atoms with Crippen molar-refractivity contribution in [3.63, 3.8) is 0 Å². The fourth-order valence-electron chi connectivity index (χ4n) is 6.19. The van der Waals surface area contributed by atoms with Crippen LogP contribution in [0.25, 0.3) is 5.57 Å². The Bertz CT molecular complexity index is 1480. The second-order valence-corrected chi connectivity index (χ2v) is 13.0. The van der Waals surface area contributed by atoms with Gasteiger partial charge in [-0.3, -0.25) is 19.2 Å². The van der Waals surface area contributed by atoms with Crippen molar-refractivity contribution in [2.24, 2.45) is 11.8 Å². The molecule has 1 saturated heterocycles. The van der Waals surface area contributed by atoms with Gasteiger partial charge in [0.1, 0.15) is 5.60 Å². The van der Waals surface area contributed by atoms with Gasteiger partial charge >= 0.3 is 12.1 Å². The monoisotopic (exact) mass is 679 g/mol. The number of cyclic esters (lactones) is 1. The van der Waals surface area contributed by atoms with E-state index in [-0.39, 0.29) is 49.9 Å². The number of aliphatic hydroxyl groups excluding tert-OH is 1. The van der Waals surface area contributed by atoms with E-state index in [1.165, 1.54) is 0 Å². The Morgan fingerprint density at radius 2 is 1.65 bits per heavy atom. The zero-order chi connectivity index (χ0) is 36.1. The molecule has 0 aromatic heterocycles. The highest BCUT2D eigenvalue weighted by Crippen LogP contribution is 2.36. The number of hydrogen-bond donors (Lipinski definition) is 1. The average molecular weight is 680 g/mol. The summed E-state index contributed by atoms with van der Waals surface area (Å²) in [6, 6.07) is 15.4. The first-order valence-corrected chi connectivity index (χ1v) is 16.7. The first kappa shape index (κ1) is 39.3. The third kappa shape index (κ3) is 11.2. The summed E-state index contributed by atoms with van der Waals surface area (Å²) in [5, 5.41) is 8.81. The number of ketones is 2. The molecule has 1 fully saturated rings. The van der Waals surface area contributed by atoms with Gasteiger partial charge in [-0.05, 0) is 56.7 Å². The lowest BCUT2D eigenvalue weighted by Gasteiger charge is -2.34. The molecule has 3 rings (SSSR count). The molecule has 3 atom stereocenters. The minimum absolute atomic E-state index is 0.0285. The van der Waals surface area contributed by atoms with Gasteiger partial charge in [-0.1, -0.05) is 74.0 Å². The normalized spacial score (nSPS) is 17.1. The van der Waals surface area contributed by atoms with Crippen molar-refractivity contribution in [2.75, 3.05) is 33.0 Å². The van der Waals surface area contributed by atoms with Crippen molar-refractivity contribution < 1.29 is 48.0 Å². The molecule has 0 saturated carbocycles. The molecule has 1 aliphatic heterocycles. The molecule has 2 amide bonds. The number of Topliss-reactive ketones (excluding diaryl/α,β-unsaturated/α-hetero) is 1. The van der Waals surface area contributed by atoms with E-state index in [2.05, 4.69) is 0 Å². The van der Waals surface area contributed by atoms with E-state index in [0.29, 0.717) is 30.8 Å². The predicted molar refractivity (Wildman–Crippen MR) is 182 cm³/mol. The van der Waals surface area contributed by atoms with Crippen molar-refractivity contribution in [1.29, 1.82) is 0 Å². The second-order valence-electron chi connectivity index (χ2n) is 13.0. The van der Waals surface area contributed by atoms with E-state index in [4.69, 9.17) is 24.1 Å². The van der Waals surface area contributed by atoms with Crippen LogP contribution in [0.15, 0.2) is 60.7 Å². The molecule has 0 bridgehead atoms. The summed E-state index contributed by atoms with van der Waals surface area (Å²) in [6.07, 6.45) is -0.953. The van der Waals surface area contributed by atoms with Crippen molar-refractivity contribution in [3.8, 4) is 0 Å². The van der Waals surface area contributed by atoms with Gasteiger partial charge in [0.25, 0.3) is 0 Å². The molecular weight excluding hydrogens is 630 g/mol. The van der Waals surface area contributed by atoms with Crippen LogP contribution in [0, 0.1) is 18.8 Å². The van der Waals surface area contributed by atoms with Crippen molar-refractivity contribution in [2.45, 2.75) is 78.6 Å². The highest BCUT2D eigenvalue weighted by molar-refractivity contribution is 6.25. The Morgan fingerprint density at radius 1 is 0.980 bits per heavy atom. The number of benzene rings is 2. The lowest BCUT2D eigenvalue weighted by Crippen LogP contribution is -2.53. The molecule has 266 valence electrons. The SMILES string of the molecule is CC(=O)O[C@@H](C(=O)C=C(C(=O)CCCOCCOCCO)c1cccc(C)c1)[C@@H](Cc1ccccc1)C(=O)N1C(=O)OC(C)(C)[C@H]1C(C)C. The van der Waals surface area contributed by atoms with Crippen molar-refractivity contribution >= 4 is 35.1 Å². The third-order valence-corrected chi connectivity index (χ3v) is 8.18. The van der Waals surface area contributed by atoms with E-state index in [9.17, 15) is 24.0 Å². The van der Waals surface area contributed by atoms with Gasteiger partial charge in [0.05, 0.1) is 38.4 Å². The molecule has 49 heavy (non-hydrogen) atoms. The molecule has 1 N–H and O–H groups in total. The Morgan fingerprint density at radius 3 is 2.27 bits per heavy atom. The molecule has 0 spiro atoms. The Labute approximate surface area is 288 Å².